The number of nitrogens with zero attached hydrogens (tertiary/aromatic N) is 1. The summed E-state index contributed by atoms with van der Waals surface area (Å²) in [6.07, 6.45) is -5.70. The Labute approximate surface area is 250 Å². The molecule has 0 saturated carbocycles. The first-order chi connectivity index (χ1) is 19.9. The van der Waals surface area contributed by atoms with Gasteiger partial charge < -0.3 is 47.5 Å². The average Bonchev–Trinajstić information content (AvgIpc) is 3.17. The smallest absolute Gasteiger partial charge is 0.303 e. The first-order valence-electron chi connectivity index (χ1n) is 13.5. The van der Waals surface area contributed by atoms with Crippen molar-refractivity contribution in [2.45, 2.75) is 75.1 Å². The number of ether oxygens (including phenoxy) is 9. The number of esters is 1. The van der Waals surface area contributed by atoms with Crippen molar-refractivity contribution in [3.05, 3.63) is 23.3 Å². The van der Waals surface area contributed by atoms with Crippen molar-refractivity contribution in [1.82, 2.24) is 4.90 Å². The van der Waals surface area contributed by atoms with Gasteiger partial charge in [0.25, 0.3) is 5.91 Å². The Bertz CT molecular complexity index is 1180. The largest absolute Gasteiger partial charge is 0.454 e. The number of halogens is 1. The summed E-state index contributed by atoms with van der Waals surface area (Å²) in [6.45, 7) is 1.74. The van der Waals surface area contributed by atoms with E-state index in [1.54, 1.807) is 12.0 Å². The molecule has 13 nitrogen and oxygen atoms in total. The highest BCUT2D eigenvalue weighted by molar-refractivity contribution is 14.1. The molecule has 5 aliphatic rings. The molecular weight excluding hydrogens is 657 g/mol. The summed E-state index contributed by atoms with van der Waals surface area (Å²) >= 11 is 2.18. The van der Waals surface area contributed by atoms with Gasteiger partial charge in [0.2, 0.25) is 12.9 Å². The Hall–Kier alpha value is -2.08. The summed E-state index contributed by atoms with van der Waals surface area (Å²) in [5.74, 6) is -0.677. The molecule has 2 bridgehead atoms. The summed E-state index contributed by atoms with van der Waals surface area (Å²) in [4.78, 5) is 41.8. The first-order valence-corrected chi connectivity index (χ1v) is 15.0. The minimum absolute atomic E-state index is 0.00725. The van der Waals surface area contributed by atoms with Crippen LogP contribution in [0, 0.1) is 0 Å². The molecule has 224 valence electrons. The lowest BCUT2D eigenvalue weighted by molar-refractivity contribution is -0.318. The number of benzene rings is 1. The van der Waals surface area contributed by atoms with Crippen LogP contribution in [0.5, 0.6) is 11.5 Å². The molecule has 14 heteroatoms. The maximum Gasteiger partial charge on any atom is 0.303 e. The van der Waals surface area contributed by atoms with Gasteiger partial charge in [0, 0.05) is 43.9 Å². The molecule has 0 aliphatic carbocycles. The van der Waals surface area contributed by atoms with E-state index < -0.39 is 60.7 Å². The van der Waals surface area contributed by atoms with Gasteiger partial charge in [0.1, 0.15) is 43.8 Å². The zero-order valence-electron chi connectivity index (χ0n) is 22.7. The van der Waals surface area contributed by atoms with E-state index in [1.165, 1.54) is 6.92 Å². The highest BCUT2D eigenvalue weighted by atomic mass is 127. The van der Waals surface area contributed by atoms with E-state index in [9.17, 15) is 14.4 Å². The van der Waals surface area contributed by atoms with Crippen molar-refractivity contribution in [3.8, 4) is 11.5 Å². The van der Waals surface area contributed by atoms with Crippen molar-refractivity contribution >= 4 is 40.3 Å². The fourth-order valence-electron chi connectivity index (χ4n) is 6.14. The Morgan fingerprint density at radius 1 is 1.10 bits per heavy atom. The molecule has 6 rings (SSSR count). The first kappa shape index (κ1) is 29.0. The van der Waals surface area contributed by atoms with E-state index >= 15 is 0 Å². The summed E-state index contributed by atoms with van der Waals surface area (Å²) in [5.41, 5.74) is 1.58. The molecule has 0 radical (unpaired) electrons. The molecule has 8 atom stereocenters. The lowest BCUT2D eigenvalue weighted by Gasteiger charge is -2.45. The number of carbonyl (C=O) groups is 3. The molecule has 0 spiro atoms. The van der Waals surface area contributed by atoms with E-state index in [1.807, 2.05) is 12.1 Å². The second-order valence-electron chi connectivity index (χ2n) is 10.5. The number of rotatable bonds is 5. The van der Waals surface area contributed by atoms with Gasteiger partial charge in [-0.05, 0) is 29.7 Å². The number of hydrogen-bond acceptors (Lipinski definition) is 12. The van der Waals surface area contributed by atoms with Crippen LogP contribution in [0.15, 0.2) is 12.1 Å². The molecule has 1 aromatic rings. The average molecular weight is 689 g/mol. The maximum atomic E-state index is 14.0. The zero-order valence-corrected chi connectivity index (χ0v) is 24.8. The summed E-state index contributed by atoms with van der Waals surface area (Å²) in [6, 6.07) is 3.65. The van der Waals surface area contributed by atoms with E-state index in [-0.39, 0.29) is 39.1 Å². The van der Waals surface area contributed by atoms with Crippen molar-refractivity contribution in [1.29, 1.82) is 0 Å². The molecular formula is C27H32INO12. The fourth-order valence-corrected chi connectivity index (χ4v) is 6.85. The van der Waals surface area contributed by atoms with Crippen LogP contribution < -0.4 is 9.47 Å². The monoisotopic (exact) mass is 689 g/mol. The SMILES string of the molecule is CO[C@H]1[C@@H]2OCOCO[C@H]2[C@H](O[C@@H]2CC(=O)[C@@H]3CCN(Cc4cc5c(cc43)OCO5)C(=O)[C@H]2OC(C)=O)O[C@@H]1CI. The van der Waals surface area contributed by atoms with Crippen LogP contribution in [0.2, 0.25) is 0 Å². The van der Waals surface area contributed by atoms with Gasteiger partial charge in [0.05, 0.1) is 6.10 Å². The van der Waals surface area contributed by atoms with Crippen LogP contribution in [0.1, 0.15) is 36.8 Å². The van der Waals surface area contributed by atoms with Gasteiger partial charge in [-0.2, -0.15) is 0 Å². The number of Topliss-reactive ketones (excluding diaryl/α,β-unsaturated/α-hetero) is 1. The molecule has 1 aromatic carbocycles. The second-order valence-corrected chi connectivity index (χ2v) is 11.4. The zero-order chi connectivity index (χ0) is 28.7. The second kappa shape index (κ2) is 12.3. The maximum absolute atomic E-state index is 14.0. The lowest BCUT2D eigenvalue weighted by Crippen LogP contribution is -2.62. The van der Waals surface area contributed by atoms with Gasteiger partial charge in [0.15, 0.2) is 17.8 Å². The minimum atomic E-state index is -1.38. The number of alkyl halides is 1. The van der Waals surface area contributed by atoms with Crippen LogP contribution in [-0.4, -0.2) is 104 Å². The van der Waals surface area contributed by atoms with Gasteiger partial charge in [-0.1, -0.05) is 22.6 Å². The molecule has 5 heterocycles. The third-order valence-corrected chi connectivity index (χ3v) is 8.92. The van der Waals surface area contributed by atoms with E-state index in [0.717, 1.165) is 11.1 Å². The van der Waals surface area contributed by atoms with Crippen LogP contribution in [-0.2, 0) is 54.1 Å². The molecule has 41 heavy (non-hydrogen) atoms. The van der Waals surface area contributed by atoms with Crippen molar-refractivity contribution in [2.75, 3.05) is 38.5 Å². The Kier molecular flexibility index (Phi) is 8.68. The number of methoxy groups -OCH3 is 1. The van der Waals surface area contributed by atoms with Crippen molar-refractivity contribution in [2.24, 2.45) is 0 Å². The standard InChI is InChI=1S/C27H32INO12/c1-13(30)39-23-20(40-27-25-24(37-10-34-11-38-25)22(33-2)21(8-28)41-27)7-17(31)15-3-4-29(26(23)32)9-14-5-18-19(6-16(14)15)36-12-35-18/h5-6,15,20-25,27H,3-4,7-12H2,1-2H3/t15-,20-,21-,22-,23+,24+,25-,27-/m1/s1. The highest BCUT2D eigenvalue weighted by Crippen LogP contribution is 2.42. The molecule has 5 aliphatic heterocycles. The van der Waals surface area contributed by atoms with Gasteiger partial charge in [-0.3, -0.25) is 14.4 Å². The predicted molar refractivity (Wildman–Crippen MR) is 144 cm³/mol. The third-order valence-electron chi connectivity index (χ3n) is 8.05. The Morgan fingerprint density at radius 3 is 2.59 bits per heavy atom. The molecule has 1 amide bonds. The quantitative estimate of drug-likeness (QED) is 0.251. The van der Waals surface area contributed by atoms with Crippen molar-refractivity contribution < 1.29 is 57.0 Å². The molecule has 0 aromatic heterocycles. The van der Waals surface area contributed by atoms with E-state index in [4.69, 9.17) is 42.6 Å². The number of carbonyl (C=O) groups excluding carboxylic acids is 3. The van der Waals surface area contributed by atoms with Gasteiger partial charge in [-0.25, -0.2) is 0 Å². The Balaban J connectivity index is 1.35. The topological polar surface area (TPSA) is 138 Å². The summed E-state index contributed by atoms with van der Waals surface area (Å²) in [7, 11) is 1.56. The van der Waals surface area contributed by atoms with Crippen LogP contribution in [0.4, 0.5) is 0 Å². The number of hydrogen-bond donors (Lipinski definition) is 0. The van der Waals surface area contributed by atoms with Gasteiger partial charge >= 0.3 is 5.97 Å². The highest BCUT2D eigenvalue weighted by Gasteiger charge is 2.52. The van der Waals surface area contributed by atoms with Gasteiger partial charge in [-0.15, -0.1) is 0 Å². The van der Waals surface area contributed by atoms with Crippen molar-refractivity contribution in [3.63, 3.8) is 0 Å². The van der Waals surface area contributed by atoms with Crippen LogP contribution >= 0.6 is 22.6 Å². The molecule has 0 unspecified atom stereocenters. The third kappa shape index (κ3) is 5.67. The van der Waals surface area contributed by atoms with E-state index in [2.05, 4.69) is 22.6 Å². The number of ketones is 1. The lowest BCUT2D eigenvalue weighted by atomic mass is 9.86. The van der Waals surface area contributed by atoms with E-state index in [0.29, 0.717) is 28.9 Å². The fraction of sp³-hybridized carbons (Fsp3) is 0.667. The number of fused-ring (bicyclic) bond motifs is 7. The van der Waals surface area contributed by atoms with Crippen LogP contribution in [0.3, 0.4) is 0 Å². The van der Waals surface area contributed by atoms with Crippen LogP contribution in [0.25, 0.3) is 0 Å². The minimum Gasteiger partial charge on any atom is -0.454 e. The Morgan fingerprint density at radius 2 is 1.85 bits per heavy atom. The summed E-state index contributed by atoms with van der Waals surface area (Å²) in [5, 5.41) is 0. The number of amides is 1. The molecule has 3 fully saturated rings. The predicted octanol–water partition coefficient (Wildman–Crippen LogP) is 1.41. The molecule has 3 saturated heterocycles. The summed E-state index contributed by atoms with van der Waals surface area (Å²) < 4.78 is 52.8. The molecule has 0 N–H and O–H groups in total. The normalized spacial score (nSPS) is 35.0.